The highest BCUT2D eigenvalue weighted by Gasteiger charge is 2.36. The molecule has 0 amide bonds. The lowest BCUT2D eigenvalue weighted by molar-refractivity contribution is -0.0198. The highest BCUT2D eigenvalue weighted by Crippen LogP contribution is 2.44. The van der Waals surface area contributed by atoms with Crippen LogP contribution < -0.4 is 0 Å². The van der Waals surface area contributed by atoms with Gasteiger partial charge in [-0.25, -0.2) is 0 Å². The first-order valence-corrected chi connectivity index (χ1v) is 7.36. The van der Waals surface area contributed by atoms with Crippen molar-refractivity contribution in [3.8, 4) is 0 Å². The lowest BCUT2D eigenvalue weighted by Gasteiger charge is -2.38. The quantitative estimate of drug-likeness (QED) is 0.809. The highest BCUT2D eigenvalue weighted by molar-refractivity contribution is 6.33. The Morgan fingerprint density at radius 3 is 2.39 bits per heavy atom. The Hall–Kier alpha value is -0.240. The van der Waals surface area contributed by atoms with Crippen molar-refractivity contribution >= 4 is 23.2 Å². The summed E-state index contributed by atoms with van der Waals surface area (Å²) in [5.74, 6) is 1.40. The van der Waals surface area contributed by atoms with E-state index < -0.39 is 5.60 Å². The van der Waals surface area contributed by atoms with Gasteiger partial charge in [-0.3, -0.25) is 0 Å². The zero-order valence-corrected chi connectivity index (χ0v) is 12.4. The molecular formula is C15H20Cl2O. The minimum absolute atomic E-state index is 0.616. The number of hydrogen-bond acceptors (Lipinski definition) is 1. The van der Waals surface area contributed by atoms with Crippen molar-refractivity contribution in [2.75, 3.05) is 0 Å². The summed E-state index contributed by atoms with van der Waals surface area (Å²) >= 11 is 12.2. The van der Waals surface area contributed by atoms with E-state index in [0.29, 0.717) is 21.9 Å². The molecule has 2 rings (SSSR count). The molecule has 0 saturated heterocycles. The average Bonchev–Trinajstić information content (AvgIpc) is 2.32. The van der Waals surface area contributed by atoms with E-state index in [1.807, 2.05) is 0 Å². The van der Waals surface area contributed by atoms with Crippen LogP contribution in [0.1, 0.15) is 45.1 Å². The lowest BCUT2D eigenvalue weighted by atomic mass is 9.72. The maximum absolute atomic E-state index is 10.8. The van der Waals surface area contributed by atoms with Gasteiger partial charge in [-0.05, 0) is 55.7 Å². The molecule has 0 radical (unpaired) electrons. The topological polar surface area (TPSA) is 20.2 Å². The molecule has 1 nitrogen and oxygen atoms in total. The molecule has 0 heterocycles. The van der Waals surface area contributed by atoms with Gasteiger partial charge in [0, 0.05) is 15.6 Å². The van der Waals surface area contributed by atoms with Crippen LogP contribution in [0.25, 0.3) is 0 Å². The number of rotatable bonds is 2. The Labute approximate surface area is 119 Å². The van der Waals surface area contributed by atoms with Crippen molar-refractivity contribution in [2.24, 2.45) is 11.8 Å². The van der Waals surface area contributed by atoms with E-state index >= 15 is 0 Å². The predicted octanol–water partition coefficient (Wildman–Crippen LogP) is 5.03. The molecule has 1 fully saturated rings. The summed E-state index contributed by atoms with van der Waals surface area (Å²) in [5, 5.41) is 12.1. The van der Waals surface area contributed by atoms with Crippen molar-refractivity contribution in [1.29, 1.82) is 0 Å². The normalized spacial score (nSPS) is 28.7. The van der Waals surface area contributed by atoms with Gasteiger partial charge in [0.1, 0.15) is 0 Å². The molecule has 1 aliphatic carbocycles. The van der Waals surface area contributed by atoms with Crippen LogP contribution >= 0.6 is 23.2 Å². The molecule has 1 aromatic carbocycles. The monoisotopic (exact) mass is 286 g/mol. The van der Waals surface area contributed by atoms with Crippen LogP contribution in [0.5, 0.6) is 0 Å². The molecule has 0 atom stereocenters. The summed E-state index contributed by atoms with van der Waals surface area (Å²) < 4.78 is 0. The van der Waals surface area contributed by atoms with Crippen LogP contribution in [0.4, 0.5) is 0 Å². The molecular weight excluding hydrogens is 267 g/mol. The van der Waals surface area contributed by atoms with Crippen LogP contribution in [-0.4, -0.2) is 5.11 Å². The maximum Gasteiger partial charge on any atom is 0.0911 e. The number of hydrogen-bond donors (Lipinski definition) is 1. The molecule has 0 aliphatic heterocycles. The minimum Gasteiger partial charge on any atom is -0.385 e. The summed E-state index contributed by atoms with van der Waals surface area (Å²) in [6.45, 7) is 4.50. The van der Waals surface area contributed by atoms with Crippen molar-refractivity contribution < 1.29 is 5.11 Å². The predicted molar refractivity (Wildman–Crippen MR) is 77.2 cm³/mol. The maximum atomic E-state index is 10.8. The summed E-state index contributed by atoms with van der Waals surface area (Å²) in [6.07, 6.45) is 3.65. The van der Waals surface area contributed by atoms with Crippen molar-refractivity contribution in [3.63, 3.8) is 0 Å². The van der Waals surface area contributed by atoms with Gasteiger partial charge < -0.3 is 5.11 Å². The number of halogens is 2. The average molecular weight is 287 g/mol. The molecule has 3 heteroatoms. The van der Waals surface area contributed by atoms with Gasteiger partial charge in [-0.2, -0.15) is 0 Å². The largest absolute Gasteiger partial charge is 0.385 e. The van der Waals surface area contributed by atoms with E-state index in [4.69, 9.17) is 23.2 Å². The van der Waals surface area contributed by atoms with Gasteiger partial charge in [-0.15, -0.1) is 0 Å². The Kier molecular flexibility index (Phi) is 4.25. The molecule has 0 bridgehead atoms. The molecule has 0 spiro atoms. The van der Waals surface area contributed by atoms with Gasteiger partial charge in [0.2, 0.25) is 0 Å². The van der Waals surface area contributed by atoms with Crippen LogP contribution in [0.15, 0.2) is 18.2 Å². The smallest absolute Gasteiger partial charge is 0.0911 e. The molecule has 1 aromatic rings. The van der Waals surface area contributed by atoms with Crippen molar-refractivity contribution in [1.82, 2.24) is 0 Å². The van der Waals surface area contributed by atoms with Crippen LogP contribution in [0.2, 0.25) is 10.0 Å². The fraction of sp³-hybridized carbons (Fsp3) is 0.600. The SMILES string of the molecule is CC(C)C1CCC(O)(c2cc(Cl)ccc2Cl)CC1. The number of benzene rings is 1. The summed E-state index contributed by atoms with van der Waals surface area (Å²) in [6, 6.07) is 5.34. The molecule has 18 heavy (non-hydrogen) atoms. The second kappa shape index (κ2) is 5.40. The molecule has 1 N–H and O–H groups in total. The standard InChI is InChI=1S/C15H20Cl2O/c1-10(2)11-5-7-15(18,8-6-11)13-9-12(16)3-4-14(13)17/h3-4,9-11,18H,5-8H2,1-2H3. The third kappa shape index (κ3) is 2.84. The van der Waals surface area contributed by atoms with E-state index in [9.17, 15) is 5.11 Å². The first-order valence-electron chi connectivity index (χ1n) is 6.60. The first-order chi connectivity index (χ1) is 8.42. The van der Waals surface area contributed by atoms with Gasteiger partial charge >= 0.3 is 0 Å². The van der Waals surface area contributed by atoms with Crippen LogP contribution in [-0.2, 0) is 5.60 Å². The summed E-state index contributed by atoms with van der Waals surface area (Å²) in [5.41, 5.74) is -0.00762. The van der Waals surface area contributed by atoms with Crippen molar-refractivity contribution in [3.05, 3.63) is 33.8 Å². The van der Waals surface area contributed by atoms with E-state index in [1.165, 1.54) is 0 Å². The Morgan fingerprint density at radius 1 is 1.22 bits per heavy atom. The summed E-state index contributed by atoms with van der Waals surface area (Å²) in [4.78, 5) is 0. The van der Waals surface area contributed by atoms with Crippen LogP contribution in [0.3, 0.4) is 0 Å². The second-order valence-corrected chi connectivity index (χ2v) is 6.58. The van der Waals surface area contributed by atoms with Gasteiger partial charge in [0.25, 0.3) is 0 Å². The van der Waals surface area contributed by atoms with E-state index in [-0.39, 0.29) is 0 Å². The first kappa shape index (κ1) is 14.2. The lowest BCUT2D eigenvalue weighted by Crippen LogP contribution is -2.33. The fourth-order valence-corrected chi connectivity index (χ4v) is 3.37. The molecule has 1 saturated carbocycles. The van der Waals surface area contributed by atoms with Gasteiger partial charge in [-0.1, -0.05) is 37.0 Å². The zero-order valence-electron chi connectivity index (χ0n) is 10.9. The second-order valence-electron chi connectivity index (χ2n) is 5.74. The van der Waals surface area contributed by atoms with Crippen LogP contribution in [0, 0.1) is 11.8 Å². The Morgan fingerprint density at radius 2 is 1.83 bits per heavy atom. The third-order valence-corrected chi connectivity index (χ3v) is 4.79. The molecule has 0 unspecified atom stereocenters. The molecule has 0 aromatic heterocycles. The van der Waals surface area contributed by atoms with Gasteiger partial charge in [0.15, 0.2) is 0 Å². The fourth-order valence-electron chi connectivity index (χ4n) is 2.91. The Balaban J connectivity index is 2.20. The van der Waals surface area contributed by atoms with Gasteiger partial charge in [0.05, 0.1) is 5.60 Å². The number of aliphatic hydroxyl groups is 1. The minimum atomic E-state index is -0.798. The summed E-state index contributed by atoms with van der Waals surface area (Å²) in [7, 11) is 0. The van der Waals surface area contributed by atoms with E-state index in [2.05, 4.69) is 13.8 Å². The Bertz CT molecular complexity index is 421. The van der Waals surface area contributed by atoms with E-state index in [0.717, 1.165) is 31.2 Å². The molecule has 1 aliphatic rings. The highest BCUT2D eigenvalue weighted by atomic mass is 35.5. The third-order valence-electron chi connectivity index (χ3n) is 4.23. The zero-order chi connectivity index (χ0) is 13.3. The molecule has 100 valence electrons. The van der Waals surface area contributed by atoms with Crippen molar-refractivity contribution in [2.45, 2.75) is 45.1 Å². The van der Waals surface area contributed by atoms with E-state index in [1.54, 1.807) is 18.2 Å².